The number of halogens is 1. The number of carbonyl (C=O) groups is 1. The highest BCUT2D eigenvalue weighted by Crippen LogP contribution is 2.41. The van der Waals surface area contributed by atoms with Crippen molar-refractivity contribution in [2.24, 2.45) is 5.73 Å². The van der Waals surface area contributed by atoms with Crippen molar-refractivity contribution in [3.05, 3.63) is 66.1 Å². The van der Waals surface area contributed by atoms with E-state index in [2.05, 4.69) is 15.5 Å². The summed E-state index contributed by atoms with van der Waals surface area (Å²) in [5.74, 6) is -0.575. The second kappa shape index (κ2) is 6.70. The number of urea groups is 1. The number of aromatic amines is 1. The van der Waals surface area contributed by atoms with Crippen molar-refractivity contribution in [3.8, 4) is 22.3 Å². The predicted molar refractivity (Wildman–Crippen MR) is 109 cm³/mol. The number of aromatic nitrogens is 2. The third-order valence-corrected chi connectivity index (χ3v) is 4.71. The summed E-state index contributed by atoms with van der Waals surface area (Å²) in [5, 5.41) is 10.3. The van der Waals surface area contributed by atoms with E-state index in [1.54, 1.807) is 12.3 Å². The summed E-state index contributed by atoms with van der Waals surface area (Å²) in [7, 11) is 0. The summed E-state index contributed by atoms with van der Waals surface area (Å²) >= 11 is 0. The number of nitrogen functional groups attached to an aromatic ring is 1. The number of aryl methyl sites for hydroxylation is 1. The van der Waals surface area contributed by atoms with Gasteiger partial charge in [0.05, 0.1) is 17.4 Å². The number of nitrogens with one attached hydrogen (secondary N) is 2. The molecule has 1 heterocycles. The number of primary amides is 1. The Balaban J connectivity index is 1.96. The number of hydrogen-bond acceptors (Lipinski definition) is 3. The molecule has 6 N–H and O–H groups in total. The number of H-pyrrole nitrogens is 1. The van der Waals surface area contributed by atoms with Gasteiger partial charge in [-0.15, -0.1) is 0 Å². The number of rotatable bonds is 3. The Kier molecular flexibility index (Phi) is 4.19. The van der Waals surface area contributed by atoms with Gasteiger partial charge in [-0.3, -0.25) is 5.10 Å². The van der Waals surface area contributed by atoms with Gasteiger partial charge in [0.2, 0.25) is 0 Å². The first-order valence-corrected chi connectivity index (χ1v) is 8.63. The minimum Gasteiger partial charge on any atom is -0.398 e. The largest absolute Gasteiger partial charge is 0.398 e. The van der Waals surface area contributed by atoms with Gasteiger partial charge >= 0.3 is 6.03 Å². The van der Waals surface area contributed by atoms with Crippen LogP contribution in [0.15, 0.2) is 54.7 Å². The maximum absolute atomic E-state index is 14.6. The Labute approximate surface area is 160 Å². The molecule has 0 atom stereocenters. The Hall–Kier alpha value is -3.87. The Morgan fingerprint density at radius 3 is 2.64 bits per heavy atom. The molecule has 0 saturated carbocycles. The van der Waals surface area contributed by atoms with Gasteiger partial charge in [-0.05, 0) is 53.4 Å². The van der Waals surface area contributed by atoms with E-state index in [-0.39, 0.29) is 5.69 Å². The van der Waals surface area contributed by atoms with Crippen LogP contribution in [-0.2, 0) is 0 Å². The summed E-state index contributed by atoms with van der Waals surface area (Å²) in [6.07, 6.45) is 1.74. The number of carbonyl (C=O) groups excluding carboxylic acids is 1. The molecule has 4 aromatic rings. The number of benzene rings is 3. The lowest BCUT2D eigenvalue weighted by atomic mass is 9.89. The fourth-order valence-corrected chi connectivity index (χ4v) is 3.48. The molecule has 0 unspecified atom stereocenters. The summed E-state index contributed by atoms with van der Waals surface area (Å²) in [5.41, 5.74) is 16.9. The van der Waals surface area contributed by atoms with Crippen LogP contribution in [0.25, 0.3) is 33.2 Å². The van der Waals surface area contributed by atoms with Crippen LogP contribution in [0.1, 0.15) is 5.56 Å². The number of amides is 2. The van der Waals surface area contributed by atoms with E-state index in [1.807, 2.05) is 43.3 Å². The zero-order chi connectivity index (χ0) is 19.8. The minimum atomic E-state index is -0.817. The van der Waals surface area contributed by atoms with Crippen LogP contribution in [0.4, 0.5) is 20.6 Å². The molecule has 140 valence electrons. The molecule has 2 amide bonds. The van der Waals surface area contributed by atoms with Crippen molar-refractivity contribution >= 4 is 28.3 Å². The minimum absolute atomic E-state index is 0.0381. The number of hydrogen-bond donors (Lipinski definition) is 4. The third kappa shape index (κ3) is 2.92. The second-order valence-electron chi connectivity index (χ2n) is 6.54. The van der Waals surface area contributed by atoms with E-state index >= 15 is 0 Å². The first-order valence-electron chi connectivity index (χ1n) is 8.63. The summed E-state index contributed by atoms with van der Waals surface area (Å²) < 4.78 is 14.6. The molecule has 0 aliphatic carbocycles. The van der Waals surface area contributed by atoms with Gasteiger partial charge in [0.1, 0.15) is 5.82 Å². The van der Waals surface area contributed by atoms with E-state index in [0.717, 1.165) is 33.2 Å². The van der Waals surface area contributed by atoms with E-state index in [1.165, 1.54) is 6.07 Å². The molecule has 7 heteroatoms. The third-order valence-electron chi connectivity index (χ3n) is 4.71. The molecule has 4 rings (SSSR count). The summed E-state index contributed by atoms with van der Waals surface area (Å²) in [6.45, 7) is 1.84. The lowest BCUT2D eigenvalue weighted by Crippen LogP contribution is -2.20. The molecule has 0 saturated heterocycles. The van der Waals surface area contributed by atoms with Crippen molar-refractivity contribution in [3.63, 3.8) is 0 Å². The zero-order valence-electron chi connectivity index (χ0n) is 15.1. The highest BCUT2D eigenvalue weighted by Gasteiger charge is 2.17. The summed E-state index contributed by atoms with van der Waals surface area (Å²) in [6, 6.07) is 13.5. The number of nitrogens with two attached hydrogens (primary N) is 2. The van der Waals surface area contributed by atoms with Crippen LogP contribution in [0, 0.1) is 12.7 Å². The molecular formula is C21H18FN5O. The summed E-state index contributed by atoms with van der Waals surface area (Å²) in [4.78, 5) is 11.1. The quantitative estimate of drug-likeness (QED) is 0.398. The van der Waals surface area contributed by atoms with Crippen LogP contribution in [0.3, 0.4) is 0 Å². The van der Waals surface area contributed by atoms with Crippen LogP contribution in [0.2, 0.25) is 0 Å². The molecule has 0 bridgehead atoms. The van der Waals surface area contributed by atoms with E-state index in [9.17, 15) is 9.18 Å². The van der Waals surface area contributed by atoms with Gasteiger partial charge in [0.15, 0.2) is 0 Å². The highest BCUT2D eigenvalue weighted by atomic mass is 19.1. The Bertz CT molecular complexity index is 1210. The second-order valence-corrected chi connectivity index (χ2v) is 6.54. The van der Waals surface area contributed by atoms with Crippen LogP contribution in [0.5, 0.6) is 0 Å². The van der Waals surface area contributed by atoms with Gasteiger partial charge in [-0.2, -0.15) is 5.10 Å². The molecule has 0 spiro atoms. The van der Waals surface area contributed by atoms with Gasteiger partial charge < -0.3 is 16.8 Å². The number of fused-ring (bicyclic) bond motifs is 1. The average Bonchev–Trinajstić information content (AvgIpc) is 3.13. The molecule has 28 heavy (non-hydrogen) atoms. The zero-order valence-corrected chi connectivity index (χ0v) is 15.1. The predicted octanol–water partition coefficient (Wildman–Crippen LogP) is 4.42. The molecule has 0 fully saturated rings. The topological polar surface area (TPSA) is 110 Å². The van der Waals surface area contributed by atoms with Gasteiger partial charge in [-0.25, -0.2) is 9.18 Å². The monoisotopic (exact) mass is 375 g/mol. The fraction of sp³-hybridized carbons (Fsp3) is 0.0476. The normalized spacial score (nSPS) is 10.9. The van der Waals surface area contributed by atoms with Crippen molar-refractivity contribution < 1.29 is 9.18 Å². The van der Waals surface area contributed by atoms with Crippen molar-refractivity contribution in [1.82, 2.24) is 10.2 Å². The molecule has 0 radical (unpaired) electrons. The molecule has 3 aromatic carbocycles. The van der Waals surface area contributed by atoms with E-state index < -0.39 is 11.8 Å². The lowest BCUT2D eigenvalue weighted by molar-refractivity contribution is 0.259. The molecule has 6 nitrogen and oxygen atoms in total. The van der Waals surface area contributed by atoms with Crippen molar-refractivity contribution in [1.29, 1.82) is 0 Å². The maximum Gasteiger partial charge on any atom is 0.316 e. The smallest absolute Gasteiger partial charge is 0.316 e. The molecule has 0 aliphatic rings. The Morgan fingerprint density at radius 1 is 1.11 bits per heavy atom. The van der Waals surface area contributed by atoms with E-state index in [4.69, 9.17) is 11.5 Å². The first kappa shape index (κ1) is 17.5. The fourth-order valence-electron chi connectivity index (χ4n) is 3.48. The van der Waals surface area contributed by atoms with Crippen molar-refractivity contribution in [2.45, 2.75) is 6.92 Å². The molecule has 1 aromatic heterocycles. The Morgan fingerprint density at radius 2 is 1.86 bits per heavy atom. The highest BCUT2D eigenvalue weighted by molar-refractivity contribution is 6.03. The van der Waals surface area contributed by atoms with Gasteiger partial charge in [0.25, 0.3) is 0 Å². The average molecular weight is 375 g/mol. The molecule has 0 aliphatic heterocycles. The number of anilines is 2. The lowest BCUT2D eigenvalue weighted by Gasteiger charge is -2.17. The maximum atomic E-state index is 14.6. The molecular weight excluding hydrogens is 357 g/mol. The van der Waals surface area contributed by atoms with Crippen LogP contribution in [-0.4, -0.2) is 16.2 Å². The first-order chi connectivity index (χ1) is 13.5. The van der Waals surface area contributed by atoms with Crippen molar-refractivity contribution in [2.75, 3.05) is 11.1 Å². The van der Waals surface area contributed by atoms with Gasteiger partial charge in [0, 0.05) is 16.6 Å². The SMILES string of the molecule is Cc1cc(NC(N)=O)c(F)cc1-c1cccc(N)c1-c1cccc2[nH]ncc12. The van der Waals surface area contributed by atoms with Crippen LogP contribution >= 0.6 is 0 Å². The van der Waals surface area contributed by atoms with Crippen LogP contribution < -0.4 is 16.8 Å². The standard InChI is InChI=1S/C21H18FN5O/c1-11-8-19(26-21(24)28)16(22)9-14(11)12-4-2-6-17(23)20(12)13-5-3-7-18-15(13)10-25-27-18/h2-10H,23H2,1H3,(H,25,27)(H3,24,26,28). The van der Waals surface area contributed by atoms with Gasteiger partial charge in [-0.1, -0.05) is 24.3 Å². The number of nitrogens with zero attached hydrogens (tertiary/aromatic N) is 1. The van der Waals surface area contributed by atoms with E-state index in [0.29, 0.717) is 11.3 Å².